The van der Waals surface area contributed by atoms with Gasteiger partial charge in [-0.25, -0.2) is 13.6 Å². The Balaban J connectivity index is 1.30. The van der Waals surface area contributed by atoms with Crippen LogP contribution in [-0.4, -0.2) is 51.6 Å². The van der Waals surface area contributed by atoms with Crippen molar-refractivity contribution in [2.75, 3.05) is 13.1 Å². The zero-order valence-electron chi connectivity index (χ0n) is 16.9. The van der Waals surface area contributed by atoms with Crippen molar-refractivity contribution in [3.8, 4) is 11.1 Å². The van der Waals surface area contributed by atoms with Crippen LogP contribution in [0.2, 0.25) is 0 Å². The van der Waals surface area contributed by atoms with Crippen molar-refractivity contribution < 1.29 is 28.6 Å². The summed E-state index contributed by atoms with van der Waals surface area (Å²) in [7, 11) is 0. The Kier molecular flexibility index (Phi) is 4.28. The third-order valence-corrected chi connectivity index (χ3v) is 7.27. The quantitative estimate of drug-likeness (QED) is 0.776. The number of amides is 1. The van der Waals surface area contributed by atoms with Gasteiger partial charge in [0.2, 0.25) is 0 Å². The van der Waals surface area contributed by atoms with Crippen LogP contribution in [0, 0.1) is 5.41 Å². The lowest BCUT2D eigenvalue weighted by atomic mass is 9.87. The van der Waals surface area contributed by atoms with Crippen molar-refractivity contribution >= 4 is 11.9 Å². The Morgan fingerprint density at radius 1 is 0.871 bits per heavy atom. The number of benzene rings is 2. The first-order chi connectivity index (χ1) is 14.7. The van der Waals surface area contributed by atoms with Crippen LogP contribution in [0.4, 0.5) is 8.78 Å². The largest absolute Gasteiger partial charge is 0.478 e. The highest BCUT2D eigenvalue weighted by Gasteiger charge is 2.80. The maximum atomic E-state index is 14.9. The maximum Gasteiger partial charge on any atom is 0.335 e. The van der Waals surface area contributed by atoms with Crippen LogP contribution in [0.3, 0.4) is 0 Å². The second-order valence-corrected chi connectivity index (χ2v) is 9.04. The van der Waals surface area contributed by atoms with Gasteiger partial charge in [0, 0.05) is 13.1 Å². The van der Waals surface area contributed by atoms with Gasteiger partial charge in [0.15, 0.2) is 0 Å². The number of aromatic carboxylic acids is 1. The van der Waals surface area contributed by atoms with E-state index in [-0.39, 0.29) is 37.4 Å². The molecular formula is C24H23F2NO4. The SMILES string of the molecule is O=C(O)c1ccc(-c2ccc([C@@H]3C(F)(F)C34CCN(C(=O)C3(O)CC3)CC4)cc2)cc1. The molecule has 1 heterocycles. The van der Waals surface area contributed by atoms with Gasteiger partial charge >= 0.3 is 5.97 Å². The summed E-state index contributed by atoms with van der Waals surface area (Å²) in [6, 6.07) is 13.4. The minimum atomic E-state index is -2.82. The van der Waals surface area contributed by atoms with Crippen LogP contribution in [0.1, 0.15) is 47.5 Å². The molecule has 2 aromatic rings. The number of hydrogen-bond acceptors (Lipinski definition) is 3. The zero-order chi connectivity index (χ0) is 22.0. The van der Waals surface area contributed by atoms with Gasteiger partial charge in [-0.2, -0.15) is 0 Å². The van der Waals surface area contributed by atoms with Crippen molar-refractivity contribution in [1.29, 1.82) is 0 Å². The van der Waals surface area contributed by atoms with Crippen molar-refractivity contribution in [2.24, 2.45) is 5.41 Å². The van der Waals surface area contributed by atoms with Crippen LogP contribution >= 0.6 is 0 Å². The number of likely N-dealkylation sites (tertiary alicyclic amines) is 1. The van der Waals surface area contributed by atoms with Crippen LogP contribution in [0.5, 0.6) is 0 Å². The van der Waals surface area contributed by atoms with Crippen LogP contribution in [0.15, 0.2) is 48.5 Å². The average molecular weight is 427 g/mol. The van der Waals surface area contributed by atoms with Crippen LogP contribution < -0.4 is 0 Å². The average Bonchev–Trinajstić information content (AvgIpc) is 3.62. The van der Waals surface area contributed by atoms with E-state index in [1.54, 1.807) is 36.4 Å². The first-order valence-electron chi connectivity index (χ1n) is 10.5. The Morgan fingerprint density at radius 3 is 1.87 bits per heavy atom. The lowest BCUT2D eigenvalue weighted by molar-refractivity contribution is -0.144. The number of carboxylic acids is 1. The van der Waals surface area contributed by atoms with Gasteiger partial charge in [-0.05, 0) is 54.5 Å². The van der Waals surface area contributed by atoms with Crippen molar-refractivity contribution in [1.82, 2.24) is 4.90 Å². The number of nitrogens with zero attached hydrogens (tertiary/aromatic N) is 1. The number of carbonyl (C=O) groups excluding carboxylic acids is 1. The first-order valence-corrected chi connectivity index (χ1v) is 10.5. The smallest absolute Gasteiger partial charge is 0.335 e. The number of carboxylic acid groups (broad SMARTS) is 1. The molecule has 2 N–H and O–H groups in total. The van der Waals surface area contributed by atoms with E-state index in [2.05, 4.69) is 0 Å². The number of piperidine rings is 1. The molecule has 2 aromatic carbocycles. The summed E-state index contributed by atoms with van der Waals surface area (Å²) in [5, 5.41) is 19.0. The highest BCUT2D eigenvalue weighted by molar-refractivity contribution is 5.88. The normalized spacial score (nSPS) is 24.6. The minimum absolute atomic E-state index is 0.193. The van der Waals surface area contributed by atoms with Gasteiger partial charge in [-0.1, -0.05) is 36.4 Å². The second kappa shape index (κ2) is 6.60. The monoisotopic (exact) mass is 427 g/mol. The van der Waals surface area contributed by atoms with E-state index in [1.807, 2.05) is 0 Å². The molecule has 1 amide bonds. The van der Waals surface area contributed by atoms with Crippen molar-refractivity contribution in [2.45, 2.75) is 43.1 Å². The number of carbonyl (C=O) groups is 2. The van der Waals surface area contributed by atoms with Gasteiger partial charge in [-0.15, -0.1) is 0 Å². The van der Waals surface area contributed by atoms with Crippen LogP contribution in [0.25, 0.3) is 11.1 Å². The molecule has 1 atom stereocenters. The van der Waals surface area contributed by atoms with Crippen molar-refractivity contribution in [3.05, 3.63) is 59.7 Å². The molecule has 1 spiro atoms. The summed E-state index contributed by atoms with van der Waals surface area (Å²) >= 11 is 0. The molecule has 2 aliphatic carbocycles. The number of alkyl halides is 2. The van der Waals surface area contributed by atoms with E-state index in [0.29, 0.717) is 18.4 Å². The summed E-state index contributed by atoms with van der Waals surface area (Å²) in [6.45, 7) is 0.502. The Bertz CT molecular complexity index is 1040. The molecule has 162 valence electrons. The first kappa shape index (κ1) is 20.1. The van der Waals surface area contributed by atoms with Crippen LogP contribution in [-0.2, 0) is 4.79 Å². The molecule has 1 aliphatic heterocycles. The van der Waals surface area contributed by atoms with E-state index in [0.717, 1.165) is 11.1 Å². The number of halogens is 2. The predicted octanol–water partition coefficient (Wildman–Crippen LogP) is 3.92. The summed E-state index contributed by atoms with van der Waals surface area (Å²) in [6.07, 6.45) is 1.37. The Morgan fingerprint density at radius 2 is 1.39 bits per heavy atom. The minimum Gasteiger partial charge on any atom is -0.478 e. The number of aliphatic hydroxyl groups is 1. The fraction of sp³-hybridized carbons (Fsp3) is 0.417. The molecular weight excluding hydrogens is 404 g/mol. The lowest BCUT2D eigenvalue weighted by Crippen LogP contribution is -2.46. The van der Waals surface area contributed by atoms with E-state index in [1.165, 1.54) is 17.0 Å². The van der Waals surface area contributed by atoms with E-state index in [4.69, 9.17) is 5.11 Å². The van der Waals surface area contributed by atoms with Gasteiger partial charge < -0.3 is 15.1 Å². The van der Waals surface area contributed by atoms with Crippen molar-refractivity contribution in [3.63, 3.8) is 0 Å². The Labute approximate surface area is 178 Å². The lowest BCUT2D eigenvalue weighted by Gasteiger charge is -2.34. The third kappa shape index (κ3) is 3.05. The zero-order valence-corrected chi connectivity index (χ0v) is 16.9. The summed E-state index contributed by atoms with van der Waals surface area (Å²) in [4.78, 5) is 24.8. The second-order valence-electron chi connectivity index (χ2n) is 9.04. The van der Waals surface area contributed by atoms with E-state index >= 15 is 0 Å². The molecule has 7 heteroatoms. The molecule has 2 saturated carbocycles. The van der Waals surface area contributed by atoms with E-state index in [9.17, 15) is 23.5 Å². The molecule has 3 aliphatic rings. The topological polar surface area (TPSA) is 77.8 Å². The van der Waals surface area contributed by atoms with Gasteiger partial charge in [-0.3, -0.25) is 4.79 Å². The number of rotatable bonds is 4. The highest BCUT2D eigenvalue weighted by atomic mass is 19.3. The molecule has 5 rings (SSSR count). The predicted molar refractivity (Wildman–Crippen MR) is 109 cm³/mol. The summed E-state index contributed by atoms with van der Waals surface area (Å²) in [5.41, 5.74) is 0.0419. The van der Waals surface area contributed by atoms with Gasteiger partial charge in [0.1, 0.15) is 5.60 Å². The van der Waals surface area contributed by atoms with Gasteiger partial charge in [0.05, 0.1) is 16.9 Å². The molecule has 3 fully saturated rings. The molecule has 0 unspecified atom stereocenters. The molecule has 31 heavy (non-hydrogen) atoms. The number of hydrogen-bond donors (Lipinski definition) is 2. The Hall–Kier alpha value is -2.80. The van der Waals surface area contributed by atoms with E-state index < -0.39 is 28.8 Å². The molecule has 0 aromatic heterocycles. The summed E-state index contributed by atoms with van der Waals surface area (Å²) in [5.74, 6) is -5.00. The highest BCUT2D eigenvalue weighted by Crippen LogP contribution is 2.75. The standard InChI is InChI=1S/C24H23F2NO4/c25-24(26)19(22(24)11-13-27(14-12-22)21(30)23(31)9-10-23)17-5-1-15(2-6-17)16-3-7-18(8-4-16)20(28)29/h1-8,19,31H,9-14H2,(H,28,29)/t19-/m0/s1. The summed E-state index contributed by atoms with van der Waals surface area (Å²) < 4.78 is 29.9. The molecule has 0 bridgehead atoms. The van der Waals surface area contributed by atoms with Gasteiger partial charge in [0.25, 0.3) is 11.8 Å². The molecule has 1 saturated heterocycles. The third-order valence-electron chi connectivity index (χ3n) is 7.27. The fourth-order valence-electron chi connectivity index (χ4n) is 5.07. The fourth-order valence-corrected chi connectivity index (χ4v) is 5.07. The maximum absolute atomic E-state index is 14.9. The molecule has 5 nitrogen and oxygen atoms in total. The molecule has 0 radical (unpaired) electrons.